The van der Waals surface area contributed by atoms with Gasteiger partial charge in [-0.2, -0.15) is 31.6 Å². The number of esters is 1. The van der Waals surface area contributed by atoms with Gasteiger partial charge in [0.1, 0.15) is 0 Å². The minimum atomic E-state index is -6.33. The second-order valence-electron chi connectivity index (χ2n) is 10.2. The SMILES string of the molecule is CCOC(=O)CCN(C(=O)c1ccc(C#N)cc1)c1cccc(C(=O)Cc2c(C)cc(C(F)(C(F)(F)F)C(F)(F)F)cc2C)c1F. The van der Waals surface area contributed by atoms with Gasteiger partial charge in [0.15, 0.2) is 11.6 Å². The molecule has 46 heavy (non-hydrogen) atoms. The molecule has 3 aromatic rings. The van der Waals surface area contributed by atoms with Crippen molar-refractivity contribution in [2.24, 2.45) is 0 Å². The first-order chi connectivity index (χ1) is 21.4. The largest absolute Gasteiger partial charge is 0.466 e. The van der Waals surface area contributed by atoms with Gasteiger partial charge in [-0.05, 0) is 73.9 Å². The van der Waals surface area contributed by atoms with E-state index in [0.717, 1.165) is 24.8 Å². The van der Waals surface area contributed by atoms with E-state index in [4.69, 9.17) is 10.00 Å². The monoisotopic (exact) mass is 654 g/mol. The number of aryl methyl sites for hydroxylation is 2. The first-order valence-corrected chi connectivity index (χ1v) is 13.6. The van der Waals surface area contributed by atoms with Crippen molar-refractivity contribution in [2.45, 2.75) is 51.6 Å². The molecule has 3 aromatic carbocycles. The predicted octanol–water partition coefficient (Wildman–Crippen LogP) is 7.63. The number of ether oxygens (including phenoxy) is 1. The summed E-state index contributed by atoms with van der Waals surface area (Å²) >= 11 is 0. The number of halogens is 8. The number of ketones is 1. The molecule has 0 radical (unpaired) electrons. The number of alkyl halides is 7. The van der Waals surface area contributed by atoms with Crippen molar-refractivity contribution < 1.29 is 54.2 Å². The molecule has 0 saturated carbocycles. The zero-order chi connectivity index (χ0) is 34.6. The summed E-state index contributed by atoms with van der Waals surface area (Å²) in [4.78, 5) is 39.7. The fourth-order valence-electron chi connectivity index (χ4n) is 4.77. The van der Waals surface area contributed by atoms with Crippen LogP contribution in [0.5, 0.6) is 0 Å². The van der Waals surface area contributed by atoms with Crippen molar-refractivity contribution in [3.05, 3.63) is 99.4 Å². The zero-order valence-corrected chi connectivity index (χ0v) is 24.6. The number of anilines is 1. The van der Waals surface area contributed by atoms with Crippen LogP contribution in [-0.2, 0) is 21.6 Å². The summed E-state index contributed by atoms with van der Waals surface area (Å²) in [7, 11) is 0. The number of carbonyl (C=O) groups is 3. The van der Waals surface area contributed by atoms with E-state index in [9.17, 15) is 45.1 Å². The van der Waals surface area contributed by atoms with Crippen molar-refractivity contribution in [3.8, 4) is 6.07 Å². The molecule has 244 valence electrons. The van der Waals surface area contributed by atoms with Crippen LogP contribution in [0.3, 0.4) is 0 Å². The molecule has 0 bridgehead atoms. The molecule has 1 amide bonds. The number of rotatable bonds is 10. The highest BCUT2D eigenvalue weighted by atomic mass is 19.4. The number of Topliss-reactive ketones (excluding diaryl/α,β-unsaturated/α-hetero) is 1. The van der Waals surface area contributed by atoms with Crippen LogP contribution in [0.1, 0.15) is 61.9 Å². The second kappa shape index (κ2) is 13.7. The third-order valence-corrected chi connectivity index (χ3v) is 7.13. The molecular formula is C32H26F8N2O4. The smallest absolute Gasteiger partial charge is 0.435 e. The van der Waals surface area contributed by atoms with Gasteiger partial charge >= 0.3 is 24.0 Å². The minimum absolute atomic E-state index is 0.0204. The van der Waals surface area contributed by atoms with E-state index in [2.05, 4.69) is 0 Å². The number of carbonyl (C=O) groups excluding carboxylic acids is 3. The average molecular weight is 655 g/mol. The lowest BCUT2D eigenvalue weighted by molar-refractivity contribution is -0.348. The Labute approximate surface area is 258 Å². The number of hydrogen-bond acceptors (Lipinski definition) is 5. The van der Waals surface area contributed by atoms with Gasteiger partial charge < -0.3 is 9.64 Å². The predicted molar refractivity (Wildman–Crippen MR) is 149 cm³/mol. The van der Waals surface area contributed by atoms with Gasteiger partial charge in [0.2, 0.25) is 0 Å². The van der Waals surface area contributed by atoms with Gasteiger partial charge in [0.05, 0.1) is 35.9 Å². The molecule has 0 fully saturated rings. The molecule has 3 rings (SSSR count). The molecular weight excluding hydrogens is 628 g/mol. The number of amides is 1. The van der Waals surface area contributed by atoms with Gasteiger partial charge in [-0.25, -0.2) is 8.78 Å². The summed E-state index contributed by atoms with van der Waals surface area (Å²) in [5, 5.41) is 9.04. The lowest BCUT2D eigenvalue weighted by Crippen LogP contribution is -2.50. The van der Waals surface area contributed by atoms with Crippen molar-refractivity contribution in [2.75, 3.05) is 18.1 Å². The third kappa shape index (κ3) is 7.19. The van der Waals surface area contributed by atoms with Gasteiger partial charge in [0.25, 0.3) is 5.91 Å². The topological polar surface area (TPSA) is 87.5 Å². The molecule has 0 N–H and O–H groups in total. The summed E-state index contributed by atoms with van der Waals surface area (Å²) in [6.45, 7) is 3.40. The Morgan fingerprint density at radius 1 is 0.891 bits per heavy atom. The quantitative estimate of drug-likeness (QED) is 0.128. The van der Waals surface area contributed by atoms with Gasteiger partial charge in [-0.1, -0.05) is 18.2 Å². The highest BCUT2D eigenvalue weighted by molar-refractivity contribution is 6.07. The Hall–Kier alpha value is -4.80. The number of nitriles is 1. The highest BCUT2D eigenvalue weighted by Crippen LogP contribution is 2.53. The molecule has 0 aliphatic rings. The highest BCUT2D eigenvalue weighted by Gasteiger charge is 2.73. The lowest BCUT2D eigenvalue weighted by atomic mass is 9.87. The summed E-state index contributed by atoms with van der Waals surface area (Å²) in [6.07, 6.45) is -13.7. The van der Waals surface area contributed by atoms with E-state index in [1.807, 2.05) is 6.07 Å². The number of benzene rings is 3. The molecule has 0 aliphatic carbocycles. The van der Waals surface area contributed by atoms with Crippen molar-refractivity contribution >= 4 is 23.3 Å². The van der Waals surface area contributed by atoms with Crippen LogP contribution in [-0.4, -0.2) is 43.2 Å². The summed E-state index contributed by atoms with van der Waals surface area (Å²) in [5.41, 5.74) is -8.72. The van der Waals surface area contributed by atoms with Crippen molar-refractivity contribution in [3.63, 3.8) is 0 Å². The Morgan fingerprint density at radius 3 is 1.96 bits per heavy atom. The summed E-state index contributed by atoms with van der Waals surface area (Å²) in [5.74, 6) is -3.63. The summed E-state index contributed by atoms with van der Waals surface area (Å²) in [6, 6.07) is 11.4. The normalized spacial score (nSPS) is 12.0. The number of hydrogen-bond donors (Lipinski definition) is 0. The molecule has 0 heterocycles. The van der Waals surface area contributed by atoms with Crippen LogP contribution in [0.4, 0.5) is 40.8 Å². The standard InChI is InChI=1S/C32H26F8N2O4/c1-4-46-27(44)12-13-42(29(45)21-10-8-20(17-41)9-11-21)25-7-5-6-23(28(25)33)26(43)16-24-18(2)14-22(15-19(24)3)30(34,31(35,36)37)32(38,39)40/h5-11,14-15H,4,12-13,16H2,1-3H3. The van der Waals surface area contributed by atoms with Crippen molar-refractivity contribution in [1.29, 1.82) is 5.26 Å². The second-order valence-corrected chi connectivity index (χ2v) is 10.2. The maximum absolute atomic E-state index is 16.0. The maximum atomic E-state index is 16.0. The molecule has 0 atom stereocenters. The average Bonchev–Trinajstić information content (AvgIpc) is 2.98. The molecule has 0 aliphatic heterocycles. The van der Waals surface area contributed by atoms with E-state index in [1.165, 1.54) is 36.4 Å². The van der Waals surface area contributed by atoms with Crippen LogP contribution >= 0.6 is 0 Å². The molecule has 0 unspecified atom stereocenters. The molecule has 0 aromatic heterocycles. The van der Waals surface area contributed by atoms with Crippen LogP contribution in [0, 0.1) is 31.0 Å². The fourth-order valence-corrected chi connectivity index (χ4v) is 4.77. The van der Waals surface area contributed by atoms with E-state index in [-0.39, 0.29) is 47.4 Å². The first-order valence-electron chi connectivity index (χ1n) is 13.6. The molecule has 0 saturated heterocycles. The minimum Gasteiger partial charge on any atom is -0.466 e. The van der Waals surface area contributed by atoms with Gasteiger partial charge in [-0.3, -0.25) is 14.4 Å². The van der Waals surface area contributed by atoms with Crippen molar-refractivity contribution in [1.82, 2.24) is 0 Å². The van der Waals surface area contributed by atoms with E-state index in [1.54, 1.807) is 6.92 Å². The van der Waals surface area contributed by atoms with Gasteiger partial charge in [-0.15, -0.1) is 0 Å². The Balaban J connectivity index is 2.02. The molecule has 0 spiro atoms. The van der Waals surface area contributed by atoms with Crippen LogP contribution < -0.4 is 4.90 Å². The number of nitrogens with zero attached hydrogens (tertiary/aromatic N) is 2. The summed E-state index contributed by atoms with van der Waals surface area (Å²) < 4.78 is 115. The fraction of sp³-hybridized carbons (Fsp3) is 0.312. The Kier molecular flexibility index (Phi) is 10.6. The zero-order valence-electron chi connectivity index (χ0n) is 24.6. The third-order valence-electron chi connectivity index (χ3n) is 7.13. The van der Waals surface area contributed by atoms with E-state index >= 15 is 4.39 Å². The van der Waals surface area contributed by atoms with E-state index < -0.39 is 64.7 Å². The first kappa shape index (κ1) is 35.7. The molecule has 6 nitrogen and oxygen atoms in total. The van der Waals surface area contributed by atoms with Crippen LogP contribution in [0.15, 0.2) is 54.6 Å². The Bertz CT molecular complexity index is 1640. The van der Waals surface area contributed by atoms with Crippen LogP contribution in [0.2, 0.25) is 0 Å². The lowest BCUT2D eigenvalue weighted by Gasteiger charge is -2.31. The maximum Gasteiger partial charge on any atom is 0.435 e. The van der Waals surface area contributed by atoms with E-state index in [0.29, 0.717) is 12.1 Å². The van der Waals surface area contributed by atoms with Gasteiger partial charge in [0, 0.05) is 24.1 Å². The molecule has 14 heteroatoms. The van der Waals surface area contributed by atoms with Crippen LogP contribution in [0.25, 0.3) is 0 Å². The Morgan fingerprint density at radius 2 is 1.46 bits per heavy atom.